The molecular weight excluding hydrogens is 274 g/mol. The molecule has 0 N–H and O–H groups in total. The zero-order valence-corrected chi connectivity index (χ0v) is 12.7. The summed E-state index contributed by atoms with van der Waals surface area (Å²) in [6, 6.07) is 8.66. The molecule has 0 radical (unpaired) electrons. The molecular formula is C15H24BrN. The van der Waals surface area contributed by atoms with Gasteiger partial charge in [-0.3, -0.25) is 4.90 Å². The Hall–Kier alpha value is -0.340. The van der Waals surface area contributed by atoms with Crippen molar-refractivity contribution in [2.45, 2.75) is 46.1 Å². The van der Waals surface area contributed by atoms with Crippen LogP contribution in [0.4, 0.5) is 0 Å². The highest BCUT2D eigenvalue weighted by Crippen LogP contribution is 2.14. The number of benzene rings is 1. The standard InChI is InChI=1S/C15H24BrN/c1-3-5-10-17(11-6-4-2)13-14-8-7-9-15(16)12-14/h7-9,12H,3-6,10-11,13H2,1-2H3. The van der Waals surface area contributed by atoms with E-state index in [1.807, 2.05) is 0 Å². The van der Waals surface area contributed by atoms with Gasteiger partial charge in [0.25, 0.3) is 0 Å². The molecule has 0 spiro atoms. The Morgan fingerprint density at radius 3 is 2.24 bits per heavy atom. The quantitative estimate of drug-likeness (QED) is 0.663. The average molecular weight is 298 g/mol. The Morgan fingerprint density at radius 1 is 1.06 bits per heavy atom. The molecule has 0 atom stereocenters. The van der Waals surface area contributed by atoms with Crippen LogP contribution >= 0.6 is 15.9 Å². The SMILES string of the molecule is CCCCN(CCCC)Cc1cccc(Br)c1. The highest BCUT2D eigenvalue weighted by atomic mass is 79.9. The molecule has 0 amide bonds. The van der Waals surface area contributed by atoms with Crippen LogP contribution < -0.4 is 0 Å². The first-order valence-corrected chi connectivity index (χ1v) is 7.52. The normalized spacial score (nSPS) is 11.1. The van der Waals surface area contributed by atoms with Crippen molar-refractivity contribution in [3.63, 3.8) is 0 Å². The lowest BCUT2D eigenvalue weighted by Gasteiger charge is -2.22. The highest BCUT2D eigenvalue weighted by Gasteiger charge is 2.05. The van der Waals surface area contributed by atoms with E-state index in [0.717, 1.165) is 6.54 Å². The molecule has 96 valence electrons. The van der Waals surface area contributed by atoms with Gasteiger partial charge in [0.1, 0.15) is 0 Å². The van der Waals surface area contributed by atoms with E-state index in [2.05, 4.69) is 58.9 Å². The van der Waals surface area contributed by atoms with Gasteiger partial charge in [-0.15, -0.1) is 0 Å². The number of nitrogens with zero attached hydrogens (tertiary/aromatic N) is 1. The van der Waals surface area contributed by atoms with Gasteiger partial charge < -0.3 is 0 Å². The fourth-order valence-electron chi connectivity index (χ4n) is 1.93. The van der Waals surface area contributed by atoms with Crippen LogP contribution in [0.25, 0.3) is 0 Å². The minimum Gasteiger partial charge on any atom is -0.299 e. The number of unbranched alkanes of at least 4 members (excludes halogenated alkanes) is 2. The minimum atomic E-state index is 1.08. The number of hydrogen-bond donors (Lipinski definition) is 0. The van der Waals surface area contributed by atoms with Crippen molar-refractivity contribution in [1.29, 1.82) is 0 Å². The summed E-state index contributed by atoms with van der Waals surface area (Å²) in [5.41, 5.74) is 1.41. The van der Waals surface area contributed by atoms with Crippen LogP contribution in [0.2, 0.25) is 0 Å². The Labute approximate surface area is 114 Å². The van der Waals surface area contributed by atoms with Crippen LogP contribution in [0.1, 0.15) is 45.1 Å². The zero-order valence-electron chi connectivity index (χ0n) is 11.1. The first kappa shape index (κ1) is 14.7. The van der Waals surface area contributed by atoms with E-state index in [1.54, 1.807) is 0 Å². The Kier molecular flexibility index (Phi) is 7.54. The summed E-state index contributed by atoms with van der Waals surface area (Å²) in [6.45, 7) is 8.06. The van der Waals surface area contributed by atoms with Gasteiger partial charge in [0.2, 0.25) is 0 Å². The molecule has 0 aliphatic carbocycles. The van der Waals surface area contributed by atoms with Gasteiger partial charge in [0.05, 0.1) is 0 Å². The maximum Gasteiger partial charge on any atom is 0.0234 e. The van der Waals surface area contributed by atoms with Gasteiger partial charge in [-0.2, -0.15) is 0 Å². The van der Waals surface area contributed by atoms with Gasteiger partial charge in [0.15, 0.2) is 0 Å². The van der Waals surface area contributed by atoms with Crippen LogP contribution in [0, 0.1) is 0 Å². The van der Waals surface area contributed by atoms with Crippen molar-refractivity contribution >= 4 is 15.9 Å². The van der Waals surface area contributed by atoms with Gasteiger partial charge in [-0.25, -0.2) is 0 Å². The second-order valence-electron chi connectivity index (χ2n) is 4.61. The maximum absolute atomic E-state index is 3.54. The summed E-state index contributed by atoms with van der Waals surface area (Å²) in [4.78, 5) is 2.58. The molecule has 0 unspecified atom stereocenters. The molecule has 0 aromatic heterocycles. The monoisotopic (exact) mass is 297 g/mol. The van der Waals surface area contributed by atoms with E-state index in [9.17, 15) is 0 Å². The molecule has 0 bridgehead atoms. The Bertz CT molecular complexity index is 304. The predicted octanol–water partition coefficient (Wildman–Crippen LogP) is 4.85. The number of halogens is 1. The Balaban J connectivity index is 2.51. The maximum atomic E-state index is 3.54. The fraction of sp³-hybridized carbons (Fsp3) is 0.600. The van der Waals surface area contributed by atoms with E-state index in [-0.39, 0.29) is 0 Å². The lowest BCUT2D eigenvalue weighted by atomic mass is 10.2. The van der Waals surface area contributed by atoms with E-state index < -0.39 is 0 Å². The molecule has 0 saturated heterocycles. The van der Waals surface area contributed by atoms with Crippen molar-refractivity contribution in [3.8, 4) is 0 Å². The van der Waals surface area contributed by atoms with Crippen molar-refractivity contribution in [2.75, 3.05) is 13.1 Å². The summed E-state index contributed by atoms with van der Waals surface area (Å²) in [6.07, 6.45) is 5.16. The average Bonchev–Trinajstić information content (AvgIpc) is 2.32. The van der Waals surface area contributed by atoms with Gasteiger partial charge in [0, 0.05) is 11.0 Å². The number of rotatable bonds is 8. The van der Waals surface area contributed by atoms with Crippen molar-refractivity contribution in [3.05, 3.63) is 34.3 Å². The van der Waals surface area contributed by atoms with Crippen molar-refractivity contribution < 1.29 is 0 Å². The molecule has 0 aliphatic heterocycles. The molecule has 1 aromatic carbocycles. The Morgan fingerprint density at radius 2 is 1.71 bits per heavy atom. The lowest BCUT2D eigenvalue weighted by Crippen LogP contribution is -2.25. The molecule has 2 heteroatoms. The molecule has 1 rings (SSSR count). The first-order valence-electron chi connectivity index (χ1n) is 6.73. The van der Waals surface area contributed by atoms with Crippen LogP contribution in [-0.2, 0) is 6.54 Å². The molecule has 1 aromatic rings. The van der Waals surface area contributed by atoms with Crippen molar-refractivity contribution in [1.82, 2.24) is 4.90 Å². The molecule has 0 fully saturated rings. The van der Waals surface area contributed by atoms with E-state index >= 15 is 0 Å². The molecule has 0 heterocycles. The minimum absolute atomic E-state index is 1.08. The number of hydrogen-bond acceptors (Lipinski definition) is 1. The van der Waals surface area contributed by atoms with E-state index in [0.29, 0.717) is 0 Å². The second-order valence-corrected chi connectivity index (χ2v) is 5.53. The van der Waals surface area contributed by atoms with E-state index in [4.69, 9.17) is 0 Å². The van der Waals surface area contributed by atoms with Crippen LogP contribution in [-0.4, -0.2) is 18.0 Å². The first-order chi connectivity index (χ1) is 8.26. The molecule has 17 heavy (non-hydrogen) atoms. The highest BCUT2D eigenvalue weighted by molar-refractivity contribution is 9.10. The van der Waals surface area contributed by atoms with Gasteiger partial charge in [-0.05, 0) is 43.6 Å². The third kappa shape index (κ3) is 6.23. The third-order valence-corrected chi connectivity index (χ3v) is 3.44. The van der Waals surface area contributed by atoms with Crippen LogP contribution in [0.15, 0.2) is 28.7 Å². The summed E-state index contributed by atoms with van der Waals surface area (Å²) < 4.78 is 1.18. The van der Waals surface area contributed by atoms with Crippen molar-refractivity contribution in [2.24, 2.45) is 0 Å². The lowest BCUT2D eigenvalue weighted by molar-refractivity contribution is 0.257. The third-order valence-electron chi connectivity index (χ3n) is 2.95. The van der Waals surface area contributed by atoms with Crippen LogP contribution in [0.3, 0.4) is 0 Å². The fourth-order valence-corrected chi connectivity index (χ4v) is 2.37. The van der Waals surface area contributed by atoms with E-state index in [1.165, 1.54) is 48.8 Å². The summed E-state index contributed by atoms with van der Waals surface area (Å²) in [5, 5.41) is 0. The molecule has 1 nitrogen and oxygen atoms in total. The zero-order chi connectivity index (χ0) is 12.5. The molecule has 0 aliphatic rings. The summed E-state index contributed by atoms with van der Waals surface area (Å²) >= 11 is 3.54. The summed E-state index contributed by atoms with van der Waals surface area (Å²) in [7, 11) is 0. The predicted molar refractivity (Wildman–Crippen MR) is 79.2 cm³/mol. The van der Waals surface area contributed by atoms with Crippen LogP contribution in [0.5, 0.6) is 0 Å². The second kappa shape index (κ2) is 8.71. The van der Waals surface area contributed by atoms with Gasteiger partial charge >= 0.3 is 0 Å². The van der Waals surface area contributed by atoms with Gasteiger partial charge in [-0.1, -0.05) is 54.8 Å². The smallest absolute Gasteiger partial charge is 0.0234 e. The topological polar surface area (TPSA) is 3.24 Å². The summed E-state index contributed by atoms with van der Waals surface area (Å²) in [5.74, 6) is 0. The largest absolute Gasteiger partial charge is 0.299 e. The molecule has 0 saturated carbocycles.